The standard InChI is InChI=1S/C20H20FN3O4/c1-13-3-8-17(14(2)11-13)27-10-9-22-18(25)12-24-20(26)28-19(23-24)15-4-6-16(21)7-5-15/h3-8,11H,9-10,12H2,1-2H3,(H,22,25). The molecule has 0 aliphatic carbocycles. The van der Waals surface area contributed by atoms with Crippen molar-refractivity contribution >= 4 is 5.91 Å². The lowest BCUT2D eigenvalue weighted by Gasteiger charge is -2.10. The van der Waals surface area contributed by atoms with Gasteiger partial charge < -0.3 is 14.5 Å². The van der Waals surface area contributed by atoms with Crippen LogP contribution in [0, 0.1) is 19.7 Å². The molecule has 8 heteroatoms. The number of halogens is 1. The number of ether oxygens (including phenoxy) is 1. The first-order chi connectivity index (χ1) is 13.4. The van der Waals surface area contributed by atoms with Gasteiger partial charge in [0.1, 0.15) is 24.7 Å². The molecule has 3 rings (SSSR count). The van der Waals surface area contributed by atoms with Gasteiger partial charge in [0, 0.05) is 5.56 Å². The van der Waals surface area contributed by atoms with Crippen molar-refractivity contribution in [2.45, 2.75) is 20.4 Å². The number of rotatable bonds is 7. The smallest absolute Gasteiger partial charge is 0.437 e. The van der Waals surface area contributed by atoms with Crippen LogP contribution in [0.5, 0.6) is 5.75 Å². The molecule has 0 radical (unpaired) electrons. The van der Waals surface area contributed by atoms with Gasteiger partial charge >= 0.3 is 5.76 Å². The number of carbonyl (C=O) groups is 1. The number of carbonyl (C=O) groups excluding carboxylic acids is 1. The minimum atomic E-state index is -0.763. The maximum Gasteiger partial charge on any atom is 0.437 e. The van der Waals surface area contributed by atoms with Gasteiger partial charge in [-0.15, -0.1) is 5.10 Å². The van der Waals surface area contributed by atoms with E-state index in [-0.39, 0.29) is 19.0 Å². The Morgan fingerprint density at radius 2 is 1.96 bits per heavy atom. The maximum atomic E-state index is 13.0. The van der Waals surface area contributed by atoms with E-state index in [4.69, 9.17) is 9.15 Å². The second-order valence-electron chi connectivity index (χ2n) is 6.31. The highest BCUT2D eigenvalue weighted by Gasteiger charge is 2.13. The number of hydrogen-bond donors (Lipinski definition) is 1. The fourth-order valence-corrected chi connectivity index (χ4v) is 2.62. The average molecular weight is 385 g/mol. The molecule has 3 aromatic rings. The molecule has 0 bridgehead atoms. The summed E-state index contributed by atoms with van der Waals surface area (Å²) in [7, 11) is 0. The second kappa shape index (κ2) is 8.51. The molecule has 1 aromatic heterocycles. The van der Waals surface area contributed by atoms with Crippen molar-refractivity contribution in [1.82, 2.24) is 15.1 Å². The highest BCUT2D eigenvalue weighted by Crippen LogP contribution is 2.18. The van der Waals surface area contributed by atoms with Crippen LogP contribution in [0.25, 0.3) is 11.5 Å². The molecule has 2 aromatic carbocycles. The van der Waals surface area contributed by atoms with E-state index in [0.29, 0.717) is 12.2 Å². The molecular formula is C20H20FN3O4. The zero-order chi connectivity index (χ0) is 20.1. The van der Waals surface area contributed by atoms with Gasteiger partial charge in [0.15, 0.2) is 0 Å². The number of benzene rings is 2. The zero-order valence-electron chi connectivity index (χ0n) is 15.6. The van der Waals surface area contributed by atoms with Gasteiger partial charge in [0.2, 0.25) is 11.8 Å². The van der Waals surface area contributed by atoms with Crippen molar-refractivity contribution in [1.29, 1.82) is 0 Å². The Balaban J connectivity index is 1.51. The van der Waals surface area contributed by atoms with Crippen molar-refractivity contribution < 1.29 is 18.3 Å². The van der Waals surface area contributed by atoms with Gasteiger partial charge in [0.25, 0.3) is 0 Å². The van der Waals surface area contributed by atoms with E-state index in [1.165, 1.54) is 24.3 Å². The molecule has 0 unspecified atom stereocenters. The number of aryl methyl sites for hydroxylation is 2. The van der Waals surface area contributed by atoms with E-state index in [2.05, 4.69) is 10.4 Å². The van der Waals surface area contributed by atoms with Crippen LogP contribution >= 0.6 is 0 Å². The summed E-state index contributed by atoms with van der Waals surface area (Å²) in [5, 5.41) is 6.63. The van der Waals surface area contributed by atoms with Crippen LogP contribution in [0.2, 0.25) is 0 Å². The monoisotopic (exact) mass is 385 g/mol. The Morgan fingerprint density at radius 1 is 1.21 bits per heavy atom. The summed E-state index contributed by atoms with van der Waals surface area (Å²) in [4.78, 5) is 23.9. The van der Waals surface area contributed by atoms with Crippen molar-refractivity contribution in [3.63, 3.8) is 0 Å². The van der Waals surface area contributed by atoms with Crippen LogP contribution < -0.4 is 15.8 Å². The Labute approximate surface area is 160 Å². The fourth-order valence-electron chi connectivity index (χ4n) is 2.62. The quantitative estimate of drug-likeness (QED) is 0.632. The van der Waals surface area contributed by atoms with Gasteiger partial charge in [-0.1, -0.05) is 17.7 Å². The van der Waals surface area contributed by atoms with Crippen LogP contribution in [0.15, 0.2) is 51.7 Å². The molecule has 0 aliphatic heterocycles. The summed E-state index contributed by atoms with van der Waals surface area (Å²) >= 11 is 0. The molecule has 0 spiro atoms. The molecule has 0 aliphatic rings. The molecule has 0 saturated carbocycles. The Bertz CT molecular complexity index is 1020. The van der Waals surface area contributed by atoms with Gasteiger partial charge in [-0.25, -0.2) is 9.18 Å². The van der Waals surface area contributed by atoms with Crippen LogP contribution in [0.4, 0.5) is 4.39 Å². The van der Waals surface area contributed by atoms with Crippen molar-refractivity contribution in [2.75, 3.05) is 13.2 Å². The van der Waals surface area contributed by atoms with E-state index < -0.39 is 17.5 Å². The molecule has 7 nitrogen and oxygen atoms in total. The molecule has 0 fully saturated rings. The third kappa shape index (κ3) is 4.85. The summed E-state index contributed by atoms with van der Waals surface area (Å²) in [6.07, 6.45) is 0. The second-order valence-corrected chi connectivity index (χ2v) is 6.31. The van der Waals surface area contributed by atoms with Gasteiger partial charge in [-0.3, -0.25) is 4.79 Å². The average Bonchev–Trinajstić information content (AvgIpc) is 3.01. The topological polar surface area (TPSA) is 86.4 Å². The number of nitrogens with one attached hydrogen (secondary N) is 1. The molecule has 1 amide bonds. The summed E-state index contributed by atoms with van der Waals surface area (Å²) in [5.41, 5.74) is 2.62. The van der Waals surface area contributed by atoms with Crippen molar-refractivity contribution in [2.24, 2.45) is 0 Å². The zero-order valence-corrected chi connectivity index (χ0v) is 15.6. The van der Waals surface area contributed by atoms with Gasteiger partial charge in [0.05, 0.1) is 6.54 Å². The highest BCUT2D eigenvalue weighted by atomic mass is 19.1. The summed E-state index contributed by atoms with van der Waals surface area (Å²) in [5.74, 6) is -0.785. The lowest BCUT2D eigenvalue weighted by molar-refractivity contribution is -0.122. The van der Waals surface area contributed by atoms with Crippen molar-refractivity contribution in [3.8, 4) is 17.2 Å². The third-order valence-electron chi connectivity index (χ3n) is 4.00. The molecule has 146 valence electrons. The molecule has 1 heterocycles. The first-order valence-corrected chi connectivity index (χ1v) is 8.73. The molecule has 1 N–H and O–H groups in total. The SMILES string of the molecule is Cc1ccc(OCCNC(=O)Cn2nc(-c3ccc(F)cc3)oc2=O)c(C)c1. The van der Waals surface area contributed by atoms with E-state index in [0.717, 1.165) is 21.6 Å². The lowest BCUT2D eigenvalue weighted by atomic mass is 10.1. The Hall–Kier alpha value is -3.42. The lowest BCUT2D eigenvalue weighted by Crippen LogP contribution is -2.34. The van der Waals surface area contributed by atoms with E-state index in [1.54, 1.807) is 0 Å². The Morgan fingerprint density at radius 3 is 2.68 bits per heavy atom. The number of hydrogen-bond acceptors (Lipinski definition) is 5. The predicted molar refractivity (Wildman–Crippen MR) is 101 cm³/mol. The van der Waals surface area contributed by atoms with Gasteiger partial charge in [-0.05, 0) is 49.7 Å². The van der Waals surface area contributed by atoms with Crippen LogP contribution in [0.3, 0.4) is 0 Å². The van der Waals surface area contributed by atoms with E-state index in [9.17, 15) is 14.0 Å². The van der Waals surface area contributed by atoms with Crippen molar-refractivity contribution in [3.05, 3.63) is 70.0 Å². The minimum Gasteiger partial charge on any atom is -0.491 e. The molecule has 0 atom stereocenters. The van der Waals surface area contributed by atoms with E-state index in [1.807, 2.05) is 32.0 Å². The first-order valence-electron chi connectivity index (χ1n) is 8.73. The van der Waals surface area contributed by atoms with Gasteiger partial charge in [-0.2, -0.15) is 4.68 Å². The molecule has 28 heavy (non-hydrogen) atoms. The predicted octanol–water partition coefficient (Wildman–Crippen LogP) is 2.45. The molecular weight excluding hydrogens is 365 g/mol. The number of aromatic nitrogens is 2. The van der Waals surface area contributed by atoms with E-state index >= 15 is 0 Å². The number of amides is 1. The number of nitrogens with zero attached hydrogens (tertiary/aromatic N) is 2. The van der Waals surface area contributed by atoms with Crippen LogP contribution in [-0.2, 0) is 11.3 Å². The fraction of sp³-hybridized carbons (Fsp3) is 0.250. The first kappa shape index (κ1) is 19.3. The summed E-state index contributed by atoms with van der Waals surface area (Å²) < 4.78 is 24.5. The largest absolute Gasteiger partial charge is 0.491 e. The maximum absolute atomic E-state index is 13.0. The Kier molecular flexibility index (Phi) is 5.88. The minimum absolute atomic E-state index is 0.0241. The third-order valence-corrected chi connectivity index (χ3v) is 4.00. The van der Waals surface area contributed by atoms with Crippen LogP contribution in [-0.4, -0.2) is 28.8 Å². The summed E-state index contributed by atoms with van der Waals surface area (Å²) in [6, 6.07) is 11.2. The van der Waals surface area contributed by atoms with Crippen LogP contribution in [0.1, 0.15) is 11.1 Å². The molecule has 0 saturated heterocycles. The highest BCUT2D eigenvalue weighted by molar-refractivity contribution is 5.75. The summed E-state index contributed by atoms with van der Waals surface area (Å²) in [6.45, 7) is 4.25. The normalized spacial score (nSPS) is 10.7.